The van der Waals surface area contributed by atoms with E-state index in [1.165, 1.54) is 0 Å². The molecule has 0 radical (unpaired) electrons. The second kappa shape index (κ2) is 6.52. The summed E-state index contributed by atoms with van der Waals surface area (Å²) in [5.74, 6) is 0.201. The number of carbonyl (C=O) groups excluding carboxylic acids is 1. The van der Waals surface area contributed by atoms with Crippen LogP contribution in [-0.2, 0) is 4.79 Å². The van der Waals surface area contributed by atoms with Gasteiger partial charge in [-0.15, -0.1) is 0 Å². The number of nitrogens with one attached hydrogen (secondary N) is 1. The molecule has 1 aromatic rings. The van der Waals surface area contributed by atoms with Gasteiger partial charge in [0.05, 0.1) is 0 Å². The third-order valence-corrected chi connectivity index (χ3v) is 3.54. The summed E-state index contributed by atoms with van der Waals surface area (Å²) in [4.78, 5) is 20.7. The van der Waals surface area contributed by atoms with Crippen LogP contribution in [-0.4, -0.2) is 60.0 Å². The van der Waals surface area contributed by atoms with E-state index in [0.717, 1.165) is 38.3 Å². The number of carbonyl (C=O) groups is 1. The molecule has 2 heterocycles. The summed E-state index contributed by atoms with van der Waals surface area (Å²) in [7, 11) is 2.09. The Hall–Kier alpha value is -1.62. The highest BCUT2D eigenvalue weighted by atomic mass is 16.2. The molecule has 1 saturated heterocycles. The molecule has 1 aliphatic rings. The highest BCUT2D eigenvalue weighted by Gasteiger charge is 2.25. The lowest BCUT2D eigenvalue weighted by Gasteiger charge is -2.34. The molecule has 0 saturated carbocycles. The molecule has 19 heavy (non-hydrogen) atoms. The van der Waals surface area contributed by atoms with Gasteiger partial charge in [-0.25, -0.2) is 0 Å². The third-order valence-electron chi connectivity index (χ3n) is 3.54. The van der Waals surface area contributed by atoms with Gasteiger partial charge in [0.2, 0.25) is 5.91 Å². The number of aromatic nitrogens is 1. The number of nitrogens with zero attached hydrogens (tertiary/aromatic N) is 3. The number of likely N-dealkylation sites (N-methyl/N-ethyl adjacent to an activating group) is 1. The fraction of sp³-hybridized carbons (Fsp3) is 0.571. The molecule has 1 amide bonds. The highest BCUT2D eigenvalue weighted by Crippen LogP contribution is 2.11. The Morgan fingerprint density at radius 3 is 2.53 bits per heavy atom. The first kappa shape index (κ1) is 13.8. The average Bonchev–Trinajstić information content (AvgIpc) is 2.46. The molecule has 0 aliphatic carbocycles. The lowest BCUT2D eigenvalue weighted by Crippen LogP contribution is -2.51. The molecule has 0 spiro atoms. The molecule has 1 fully saturated rings. The largest absolute Gasteiger partial charge is 0.374 e. The molecule has 1 atom stereocenters. The van der Waals surface area contributed by atoms with E-state index in [1.54, 1.807) is 12.4 Å². The SMILES string of the molecule is CCC(Nc1ccncc1)C(=O)N1CCN(C)CC1. The number of anilines is 1. The van der Waals surface area contributed by atoms with Gasteiger partial charge < -0.3 is 15.1 Å². The van der Waals surface area contributed by atoms with Crippen LogP contribution in [0.3, 0.4) is 0 Å². The van der Waals surface area contributed by atoms with Crippen LogP contribution >= 0.6 is 0 Å². The first-order chi connectivity index (χ1) is 9.20. The molecule has 1 unspecified atom stereocenters. The van der Waals surface area contributed by atoms with E-state index < -0.39 is 0 Å². The second-order valence-corrected chi connectivity index (χ2v) is 4.97. The van der Waals surface area contributed by atoms with Gasteiger partial charge in [0.1, 0.15) is 6.04 Å². The third kappa shape index (κ3) is 3.67. The van der Waals surface area contributed by atoms with Crippen molar-refractivity contribution in [1.29, 1.82) is 0 Å². The van der Waals surface area contributed by atoms with Crippen molar-refractivity contribution in [3.8, 4) is 0 Å². The number of piperazine rings is 1. The van der Waals surface area contributed by atoms with E-state index >= 15 is 0 Å². The molecule has 2 rings (SSSR count). The predicted octanol–water partition coefficient (Wildman–Crippen LogP) is 1.05. The first-order valence-electron chi connectivity index (χ1n) is 6.84. The van der Waals surface area contributed by atoms with Crippen LogP contribution in [0.1, 0.15) is 13.3 Å². The maximum absolute atomic E-state index is 12.5. The molecular weight excluding hydrogens is 240 g/mol. The van der Waals surface area contributed by atoms with E-state index in [2.05, 4.69) is 22.2 Å². The average molecular weight is 262 g/mol. The summed E-state index contributed by atoms with van der Waals surface area (Å²) in [6.45, 7) is 5.59. The van der Waals surface area contributed by atoms with Crippen LogP contribution in [0.4, 0.5) is 5.69 Å². The number of pyridine rings is 1. The van der Waals surface area contributed by atoms with Gasteiger partial charge in [-0.05, 0) is 25.6 Å². The van der Waals surface area contributed by atoms with Crippen molar-refractivity contribution in [2.24, 2.45) is 0 Å². The highest BCUT2D eigenvalue weighted by molar-refractivity contribution is 5.84. The van der Waals surface area contributed by atoms with Crippen molar-refractivity contribution in [3.63, 3.8) is 0 Å². The van der Waals surface area contributed by atoms with Crippen LogP contribution in [0.25, 0.3) is 0 Å². The van der Waals surface area contributed by atoms with Crippen LogP contribution in [0, 0.1) is 0 Å². The normalized spacial score (nSPS) is 18.1. The van der Waals surface area contributed by atoms with E-state index in [-0.39, 0.29) is 11.9 Å². The number of hydrogen-bond acceptors (Lipinski definition) is 4. The van der Waals surface area contributed by atoms with Crippen molar-refractivity contribution in [3.05, 3.63) is 24.5 Å². The molecule has 104 valence electrons. The number of hydrogen-bond donors (Lipinski definition) is 1. The van der Waals surface area contributed by atoms with Crippen LogP contribution in [0.2, 0.25) is 0 Å². The Morgan fingerprint density at radius 1 is 1.32 bits per heavy atom. The van der Waals surface area contributed by atoms with Crippen molar-refractivity contribution in [2.45, 2.75) is 19.4 Å². The van der Waals surface area contributed by atoms with Gasteiger partial charge in [0.15, 0.2) is 0 Å². The minimum absolute atomic E-state index is 0.147. The van der Waals surface area contributed by atoms with Crippen molar-refractivity contribution in [2.75, 3.05) is 38.5 Å². The topological polar surface area (TPSA) is 48.5 Å². The molecule has 1 aliphatic heterocycles. The summed E-state index contributed by atoms with van der Waals surface area (Å²) in [5.41, 5.74) is 0.948. The van der Waals surface area contributed by atoms with Crippen LogP contribution in [0.15, 0.2) is 24.5 Å². The number of rotatable bonds is 4. The lowest BCUT2D eigenvalue weighted by atomic mass is 10.1. The quantitative estimate of drug-likeness (QED) is 0.881. The van der Waals surface area contributed by atoms with Gasteiger partial charge in [0, 0.05) is 44.3 Å². The van der Waals surface area contributed by atoms with Crippen LogP contribution in [0.5, 0.6) is 0 Å². The summed E-state index contributed by atoms with van der Waals surface area (Å²) >= 11 is 0. The van der Waals surface area contributed by atoms with E-state index in [1.807, 2.05) is 24.0 Å². The van der Waals surface area contributed by atoms with Crippen molar-refractivity contribution in [1.82, 2.24) is 14.8 Å². The molecule has 0 bridgehead atoms. The van der Waals surface area contributed by atoms with Gasteiger partial charge in [-0.1, -0.05) is 6.92 Å². The molecule has 5 nitrogen and oxygen atoms in total. The smallest absolute Gasteiger partial charge is 0.245 e. The zero-order valence-corrected chi connectivity index (χ0v) is 11.7. The first-order valence-corrected chi connectivity index (χ1v) is 6.84. The standard InChI is InChI=1S/C14H22N4O/c1-3-13(16-12-4-6-15-7-5-12)14(19)18-10-8-17(2)9-11-18/h4-7,13H,3,8-11H2,1-2H3,(H,15,16). The summed E-state index contributed by atoms with van der Waals surface area (Å²) in [6, 6.07) is 3.63. The van der Waals surface area contributed by atoms with Gasteiger partial charge in [0.25, 0.3) is 0 Å². The summed E-state index contributed by atoms with van der Waals surface area (Å²) in [5, 5.41) is 3.29. The molecule has 1 N–H and O–H groups in total. The zero-order valence-electron chi connectivity index (χ0n) is 11.7. The van der Waals surface area contributed by atoms with Gasteiger partial charge >= 0.3 is 0 Å². The van der Waals surface area contributed by atoms with Gasteiger partial charge in [-0.2, -0.15) is 0 Å². The van der Waals surface area contributed by atoms with Crippen LogP contribution < -0.4 is 5.32 Å². The predicted molar refractivity (Wildman–Crippen MR) is 76.0 cm³/mol. The molecule has 1 aromatic heterocycles. The summed E-state index contributed by atoms with van der Waals surface area (Å²) < 4.78 is 0. The fourth-order valence-electron chi connectivity index (χ4n) is 2.23. The van der Waals surface area contributed by atoms with Crippen molar-refractivity contribution < 1.29 is 4.79 Å². The Balaban J connectivity index is 1.95. The van der Waals surface area contributed by atoms with E-state index in [9.17, 15) is 4.79 Å². The van der Waals surface area contributed by atoms with E-state index in [4.69, 9.17) is 0 Å². The fourth-order valence-corrected chi connectivity index (χ4v) is 2.23. The Bertz CT molecular complexity index is 401. The Morgan fingerprint density at radius 2 is 1.95 bits per heavy atom. The lowest BCUT2D eigenvalue weighted by molar-refractivity contribution is -0.133. The van der Waals surface area contributed by atoms with Crippen molar-refractivity contribution >= 4 is 11.6 Å². The maximum Gasteiger partial charge on any atom is 0.245 e. The monoisotopic (exact) mass is 262 g/mol. The molecule has 5 heteroatoms. The minimum Gasteiger partial charge on any atom is -0.374 e. The maximum atomic E-state index is 12.5. The zero-order chi connectivity index (χ0) is 13.7. The Kier molecular flexibility index (Phi) is 4.74. The Labute approximate surface area is 114 Å². The minimum atomic E-state index is -0.147. The number of amides is 1. The molecule has 0 aromatic carbocycles. The van der Waals surface area contributed by atoms with E-state index in [0.29, 0.717) is 0 Å². The van der Waals surface area contributed by atoms with Gasteiger partial charge in [-0.3, -0.25) is 9.78 Å². The molecular formula is C14H22N4O. The summed E-state index contributed by atoms with van der Waals surface area (Å²) in [6.07, 6.45) is 4.25. The second-order valence-electron chi connectivity index (χ2n) is 4.97.